The zero-order chi connectivity index (χ0) is 16.8. The van der Waals surface area contributed by atoms with Crippen LogP contribution in [0.1, 0.15) is 5.56 Å². The van der Waals surface area contributed by atoms with Crippen molar-refractivity contribution in [1.82, 2.24) is 5.32 Å². The van der Waals surface area contributed by atoms with E-state index in [1.165, 1.54) is 24.3 Å². The third-order valence-corrected chi connectivity index (χ3v) is 2.90. The van der Waals surface area contributed by atoms with Gasteiger partial charge < -0.3 is 10.6 Å². The summed E-state index contributed by atoms with van der Waals surface area (Å²) >= 11 is 0. The molecule has 0 aliphatic carbocycles. The van der Waals surface area contributed by atoms with Crippen LogP contribution in [0.4, 0.5) is 18.9 Å². The van der Waals surface area contributed by atoms with Gasteiger partial charge in [-0.25, -0.2) is 13.2 Å². The molecule has 2 amide bonds. The van der Waals surface area contributed by atoms with Gasteiger partial charge in [0.2, 0.25) is 11.8 Å². The van der Waals surface area contributed by atoms with Crippen LogP contribution in [-0.4, -0.2) is 18.4 Å². The third kappa shape index (κ3) is 5.14. The van der Waals surface area contributed by atoms with Crippen molar-refractivity contribution < 1.29 is 22.8 Å². The molecular weight excluding hydrogens is 309 g/mol. The highest BCUT2D eigenvalue weighted by atomic mass is 19.2. The van der Waals surface area contributed by atoms with Crippen LogP contribution in [0.25, 0.3) is 0 Å². The quantitative estimate of drug-likeness (QED) is 0.888. The van der Waals surface area contributed by atoms with Crippen LogP contribution in [0.15, 0.2) is 42.5 Å². The Labute approximate surface area is 130 Å². The summed E-state index contributed by atoms with van der Waals surface area (Å²) in [6, 6.07) is 8.47. The molecule has 0 saturated carbocycles. The van der Waals surface area contributed by atoms with Crippen LogP contribution in [0.3, 0.4) is 0 Å². The Morgan fingerprint density at radius 2 is 1.70 bits per heavy atom. The van der Waals surface area contributed by atoms with E-state index < -0.39 is 29.3 Å². The topological polar surface area (TPSA) is 58.2 Å². The second-order valence-electron chi connectivity index (χ2n) is 4.76. The normalized spacial score (nSPS) is 10.2. The van der Waals surface area contributed by atoms with E-state index in [1.807, 2.05) is 0 Å². The molecule has 0 unspecified atom stereocenters. The summed E-state index contributed by atoms with van der Waals surface area (Å²) in [5.74, 6) is -3.62. The Kier molecular flexibility index (Phi) is 5.35. The molecule has 2 N–H and O–H groups in total. The molecule has 7 heteroatoms. The molecule has 0 saturated heterocycles. The average molecular weight is 322 g/mol. The van der Waals surface area contributed by atoms with E-state index in [0.717, 1.165) is 12.1 Å². The summed E-state index contributed by atoms with van der Waals surface area (Å²) in [5, 5.41) is 4.67. The molecule has 4 nitrogen and oxygen atoms in total. The predicted molar refractivity (Wildman–Crippen MR) is 78.1 cm³/mol. The Bertz CT molecular complexity index is 735. The molecule has 2 rings (SSSR count). The largest absolute Gasteiger partial charge is 0.347 e. The Hall–Kier alpha value is -2.83. The molecule has 0 atom stereocenters. The van der Waals surface area contributed by atoms with Gasteiger partial charge in [-0.05, 0) is 29.8 Å². The number of hydrogen-bond donors (Lipinski definition) is 2. The van der Waals surface area contributed by atoms with Crippen molar-refractivity contribution in [3.05, 3.63) is 65.5 Å². The standard InChI is InChI=1S/C16H13F3N2O2/c17-11-3-1-2-10(6-11)7-15(22)20-9-16(23)21-12-4-5-13(18)14(19)8-12/h1-6,8H,7,9H2,(H,20,22)(H,21,23). The lowest BCUT2D eigenvalue weighted by Crippen LogP contribution is -2.33. The average Bonchev–Trinajstić information content (AvgIpc) is 2.49. The van der Waals surface area contributed by atoms with Crippen molar-refractivity contribution >= 4 is 17.5 Å². The summed E-state index contributed by atoms with van der Waals surface area (Å²) in [6.45, 7) is -0.340. The molecule has 0 fully saturated rings. The lowest BCUT2D eigenvalue weighted by Gasteiger charge is -2.07. The van der Waals surface area contributed by atoms with E-state index in [-0.39, 0.29) is 18.7 Å². The van der Waals surface area contributed by atoms with Crippen molar-refractivity contribution in [3.63, 3.8) is 0 Å². The van der Waals surface area contributed by atoms with Crippen molar-refractivity contribution in [3.8, 4) is 0 Å². The first-order chi connectivity index (χ1) is 10.9. The van der Waals surface area contributed by atoms with Crippen LogP contribution in [0, 0.1) is 17.5 Å². The van der Waals surface area contributed by atoms with Gasteiger partial charge in [0.25, 0.3) is 0 Å². The maximum absolute atomic E-state index is 13.0. The number of rotatable bonds is 5. The maximum Gasteiger partial charge on any atom is 0.243 e. The van der Waals surface area contributed by atoms with Crippen LogP contribution in [0.5, 0.6) is 0 Å². The summed E-state index contributed by atoms with van der Waals surface area (Å²) in [5.41, 5.74) is 0.553. The Morgan fingerprint density at radius 1 is 0.913 bits per heavy atom. The Balaban J connectivity index is 1.81. The first-order valence-electron chi connectivity index (χ1n) is 6.70. The van der Waals surface area contributed by atoms with Gasteiger partial charge in [-0.15, -0.1) is 0 Å². The van der Waals surface area contributed by atoms with Crippen LogP contribution < -0.4 is 10.6 Å². The van der Waals surface area contributed by atoms with E-state index in [1.54, 1.807) is 6.07 Å². The fraction of sp³-hybridized carbons (Fsp3) is 0.125. The maximum atomic E-state index is 13.0. The number of nitrogens with one attached hydrogen (secondary N) is 2. The van der Waals surface area contributed by atoms with Gasteiger partial charge in [0.15, 0.2) is 11.6 Å². The molecule has 2 aromatic rings. The zero-order valence-corrected chi connectivity index (χ0v) is 11.9. The van der Waals surface area contributed by atoms with Crippen LogP contribution >= 0.6 is 0 Å². The molecule has 23 heavy (non-hydrogen) atoms. The van der Waals surface area contributed by atoms with E-state index in [9.17, 15) is 22.8 Å². The van der Waals surface area contributed by atoms with Crippen LogP contribution in [0.2, 0.25) is 0 Å². The summed E-state index contributed by atoms with van der Waals surface area (Å²) in [6.07, 6.45) is -0.0732. The van der Waals surface area contributed by atoms with Crippen LogP contribution in [-0.2, 0) is 16.0 Å². The molecule has 0 spiro atoms. The van der Waals surface area contributed by atoms with Crippen molar-refractivity contribution in [2.45, 2.75) is 6.42 Å². The minimum atomic E-state index is -1.09. The predicted octanol–water partition coefficient (Wildman–Crippen LogP) is 2.40. The molecule has 2 aromatic carbocycles. The first-order valence-corrected chi connectivity index (χ1v) is 6.70. The van der Waals surface area contributed by atoms with E-state index in [2.05, 4.69) is 10.6 Å². The molecule has 0 bridgehead atoms. The van der Waals surface area contributed by atoms with Gasteiger partial charge in [0, 0.05) is 11.8 Å². The second kappa shape index (κ2) is 7.44. The van der Waals surface area contributed by atoms with Gasteiger partial charge in [-0.2, -0.15) is 0 Å². The molecule has 0 heterocycles. The summed E-state index contributed by atoms with van der Waals surface area (Å²) < 4.78 is 38.7. The smallest absolute Gasteiger partial charge is 0.243 e. The lowest BCUT2D eigenvalue weighted by atomic mass is 10.1. The molecule has 0 radical (unpaired) electrons. The monoisotopic (exact) mass is 322 g/mol. The number of hydrogen-bond acceptors (Lipinski definition) is 2. The van der Waals surface area contributed by atoms with Gasteiger partial charge >= 0.3 is 0 Å². The molecule has 0 aliphatic heterocycles. The summed E-state index contributed by atoms with van der Waals surface area (Å²) in [7, 11) is 0. The number of carbonyl (C=O) groups excluding carboxylic acids is 2. The first kappa shape index (κ1) is 16.5. The third-order valence-electron chi connectivity index (χ3n) is 2.90. The molecular formula is C16H13F3N2O2. The fourth-order valence-corrected chi connectivity index (χ4v) is 1.85. The number of amides is 2. The fourth-order valence-electron chi connectivity index (χ4n) is 1.85. The van der Waals surface area contributed by atoms with E-state index in [0.29, 0.717) is 5.56 Å². The number of carbonyl (C=O) groups is 2. The van der Waals surface area contributed by atoms with Gasteiger partial charge in [-0.1, -0.05) is 12.1 Å². The van der Waals surface area contributed by atoms with Crippen molar-refractivity contribution in [2.24, 2.45) is 0 Å². The SMILES string of the molecule is O=C(Cc1cccc(F)c1)NCC(=O)Nc1ccc(F)c(F)c1. The molecule has 120 valence electrons. The minimum Gasteiger partial charge on any atom is -0.347 e. The highest BCUT2D eigenvalue weighted by Crippen LogP contribution is 2.12. The molecule has 0 aromatic heterocycles. The van der Waals surface area contributed by atoms with Crippen molar-refractivity contribution in [2.75, 3.05) is 11.9 Å². The minimum absolute atomic E-state index is 0.0732. The zero-order valence-electron chi connectivity index (χ0n) is 11.9. The molecule has 0 aliphatic rings. The van der Waals surface area contributed by atoms with Gasteiger partial charge in [0.1, 0.15) is 5.82 Å². The number of benzene rings is 2. The number of anilines is 1. The second-order valence-corrected chi connectivity index (χ2v) is 4.76. The van der Waals surface area contributed by atoms with Gasteiger partial charge in [0.05, 0.1) is 13.0 Å². The van der Waals surface area contributed by atoms with E-state index in [4.69, 9.17) is 0 Å². The van der Waals surface area contributed by atoms with E-state index >= 15 is 0 Å². The Morgan fingerprint density at radius 3 is 2.39 bits per heavy atom. The summed E-state index contributed by atoms with van der Waals surface area (Å²) in [4.78, 5) is 23.3. The number of halogens is 3. The highest BCUT2D eigenvalue weighted by Gasteiger charge is 2.09. The highest BCUT2D eigenvalue weighted by molar-refractivity contribution is 5.94. The lowest BCUT2D eigenvalue weighted by molar-refractivity contribution is -0.123. The van der Waals surface area contributed by atoms with Gasteiger partial charge in [-0.3, -0.25) is 9.59 Å². The van der Waals surface area contributed by atoms with Crippen molar-refractivity contribution in [1.29, 1.82) is 0 Å².